The summed E-state index contributed by atoms with van der Waals surface area (Å²) in [4.78, 5) is 0. The van der Waals surface area contributed by atoms with E-state index in [4.69, 9.17) is 11.0 Å². The Morgan fingerprint density at radius 2 is 1.43 bits per heavy atom. The van der Waals surface area contributed by atoms with Gasteiger partial charge in [-0.2, -0.15) is 31.6 Å². The van der Waals surface area contributed by atoms with Crippen LogP contribution in [0.4, 0.5) is 36.4 Å². The average molecular weight is 332 g/mol. The highest BCUT2D eigenvalue weighted by molar-refractivity contribution is 7.77. The van der Waals surface area contributed by atoms with Gasteiger partial charge in [0.25, 0.3) is 0 Å². The van der Waals surface area contributed by atoms with Crippen LogP contribution in [0.1, 0.15) is 11.1 Å². The van der Waals surface area contributed by atoms with Crippen LogP contribution in [0.3, 0.4) is 0 Å². The van der Waals surface area contributed by atoms with Crippen LogP contribution in [0.5, 0.6) is 0 Å². The Kier molecular flexibility index (Phi) is 5.69. The van der Waals surface area contributed by atoms with Gasteiger partial charge in [-0.25, -0.2) is 4.39 Å². The number of nitrogen functional groups attached to an aromatic ring is 1. The molecule has 0 bridgehead atoms. The quantitative estimate of drug-likeness (QED) is 0.480. The number of hydrogen-bond acceptors (Lipinski definition) is 3. The average Bonchev–Trinajstić information content (AvgIpc) is 2.37. The van der Waals surface area contributed by atoms with Gasteiger partial charge >= 0.3 is 18.0 Å². The number of benzene rings is 1. The molecular formula is C11H7F7N2S. The lowest BCUT2D eigenvalue weighted by Crippen LogP contribution is -2.50. The number of rotatable bonds is 1. The summed E-state index contributed by atoms with van der Waals surface area (Å²) in [5, 5.41) is 8.51. The molecule has 0 aliphatic carbocycles. The summed E-state index contributed by atoms with van der Waals surface area (Å²) in [7, 11) is 0. The van der Waals surface area contributed by atoms with E-state index in [1.54, 1.807) is 0 Å². The molecule has 1 aromatic carbocycles. The summed E-state index contributed by atoms with van der Waals surface area (Å²) in [6.45, 7) is 0. The Morgan fingerprint density at radius 3 is 1.76 bits per heavy atom. The van der Waals surface area contributed by atoms with Gasteiger partial charge in [0, 0.05) is 11.3 Å². The SMILES string of the molecule is C=S.N#Cc1ccc(N)cc1C(F)(C(F)(F)F)C(F)(F)F. The fourth-order valence-corrected chi connectivity index (χ4v) is 1.41. The maximum absolute atomic E-state index is 13.7. The Balaban J connectivity index is 0.00000191. The molecule has 21 heavy (non-hydrogen) atoms. The molecule has 0 amide bonds. The summed E-state index contributed by atoms with van der Waals surface area (Å²) >= 11 is 3.83. The minimum absolute atomic E-state index is 0.152. The molecule has 0 aromatic heterocycles. The lowest BCUT2D eigenvalue weighted by Gasteiger charge is -2.31. The zero-order chi connectivity index (χ0) is 17.1. The van der Waals surface area contributed by atoms with Crippen LogP contribution >= 0.6 is 12.2 Å². The molecule has 0 heterocycles. The van der Waals surface area contributed by atoms with E-state index in [0.29, 0.717) is 6.07 Å². The molecule has 0 unspecified atom stereocenters. The van der Waals surface area contributed by atoms with E-state index >= 15 is 0 Å². The van der Waals surface area contributed by atoms with Crippen molar-refractivity contribution >= 4 is 23.8 Å². The van der Waals surface area contributed by atoms with Crippen LogP contribution in [0.25, 0.3) is 0 Å². The van der Waals surface area contributed by atoms with Crippen molar-refractivity contribution in [3.05, 3.63) is 29.3 Å². The van der Waals surface area contributed by atoms with Gasteiger partial charge < -0.3 is 5.73 Å². The molecule has 2 N–H and O–H groups in total. The van der Waals surface area contributed by atoms with E-state index in [-0.39, 0.29) is 6.07 Å². The Morgan fingerprint density at radius 1 is 1.00 bits per heavy atom. The standard InChI is InChI=1S/C10H5F7N2.CH2S/c11-8(9(12,13)14,10(15,16)17)7-3-6(19)2-1-5(7)4-18;1-2/h1-3H,19H2;1H2. The van der Waals surface area contributed by atoms with Crippen molar-refractivity contribution in [2.24, 2.45) is 0 Å². The molecule has 2 nitrogen and oxygen atoms in total. The van der Waals surface area contributed by atoms with Crippen molar-refractivity contribution in [1.29, 1.82) is 5.26 Å². The highest BCUT2D eigenvalue weighted by Gasteiger charge is 2.74. The first kappa shape index (κ1) is 19.1. The lowest BCUT2D eigenvalue weighted by atomic mass is 9.90. The topological polar surface area (TPSA) is 49.8 Å². The van der Waals surface area contributed by atoms with Crippen LogP contribution in [0.15, 0.2) is 18.2 Å². The summed E-state index contributed by atoms with van der Waals surface area (Å²) in [5.74, 6) is 2.83. The Bertz CT molecular complexity index is 531. The highest BCUT2D eigenvalue weighted by atomic mass is 32.1. The zero-order valence-corrected chi connectivity index (χ0v) is 10.8. The molecule has 0 spiro atoms. The molecular weight excluding hydrogens is 325 g/mol. The van der Waals surface area contributed by atoms with Gasteiger partial charge in [-0.1, -0.05) is 12.2 Å². The molecule has 0 fully saturated rings. The number of thiocarbonyl (C=S) groups is 1. The second kappa shape index (κ2) is 6.26. The van der Waals surface area contributed by atoms with Crippen molar-refractivity contribution in [2.75, 3.05) is 5.73 Å². The van der Waals surface area contributed by atoms with Crippen LogP contribution < -0.4 is 5.73 Å². The maximum atomic E-state index is 13.7. The normalized spacial score (nSPS) is 12.1. The molecule has 0 atom stereocenters. The van der Waals surface area contributed by atoms with Crippen molar-refractivity contribution in [3.63, 3.8) is 0 Å². The third kappa shape index (κ3) is 3.41. The molecule has 0 aliphatic rings. The summed E-state index contributed by atoms with van der Waals surface area (Å²) < 4.78 is 88.6. The van der Waals surface area contributed by atoms with Crippen molar-refractivity contribution in [2.45, 2.75) is 18.0 Å². The van der Waals surface area contributed by atoms with E-state index in [2.05, 4.69) is 18.1 Å². The molecule has 116 valence electrons. The van der Waals surface area contributed by atoms with Gasteiger partial charge in [-0.05, 0) is 24.1 Å². The van der Waals surface area contributed by atoms with E-state index in [1.807, 2.05) is 0 Å². The lowest BCUT2D eigenvalue weighted by molar-refractivity contribution is -0.348. The molecule has 0 radical (unpaired) electrons. The minimum atomic E-state index is -6.27. The maximum Gasteiger partial charge on any atom is 0.435 e. The minimum Gasteiger partial charge on any atom is -0.399 e. The summed E-state index contributed by atoms with van der Waals surface area (Å²) in [5.41, 5.74) is -4.08. The molecule has 0 aliphatic heterocycles. The summed E-state index contributed by atoms with van der Waals surface area (Å²) in [6, 6.07) is 2.72. The molecule has 1 aromatic rings. The predicted octanol–water partition coefficient (Wildman–Crippen LogP) is 4.05. The van der Waals surface area contributed by atoms with Crippen LogP contribution in [-0.2, 0) is 5.67 Å². The number of nitrogens with zero attached hydrogens (tertiary/aromatic N) is 1. The van der Waals surface area contributed by atoms with Gasteiger partial charge in [0.15, 0.2) is 0 Å². The van der Waals surface area contributed by atoms with Gasteiger partial charge in [0.2, 0.25) is 0 Å². The predicted molar refractivity (Wildman–Crippen MR) is 65.2 cm³/mol. The van der Waals surface area contributed by atoms with E-state index < -0.39 is 34.8 Å². The largest absolute Gasteiger partial charge is 0.435 e. The first-order valence-electron chi connectivity index (χ1n) is 4.86. The van der Waals surface area contributed by atoms with E-state index in [1.165, 1.54) is 0 Å². The second-order valence-corrected chi connectivity index (χ2v) is 3.57. The third-order valence-electron chi connectivity index (χ3n) is 2.32. The first-order chi connectivity index (χ1) is 9.45. The smallest absolute Gasteiger partial charge is 0.399 e. The molecule has 1 rings (SSSR count). The Labute approximate surface area is 120 Å². The third-order valence-corrected chi connectivity index (χ3v) is 2.32. The fourth-order valence-electron chi connectivity index (χ4n) is 1.41. The number of nitrogens with two attached hydrogens (primary N) is 1. The number of alkyl halides is 7. The monoisotopic (exact) mass is 332 g/mol. The second-order valence-electron chi connectivity index (χ2n) is 3.57. The number of anilines is 1. The van der Waals surface area contributed by atoms with Crippen molar-refractivity contribution < 1.29 is 30.7 Å². The number of nitriles is 1. The van der Waals surface area contributed by atoms with E-state index in [0.717, 1.165) is 12.1 Å². The van der Waals surface area contributed by atoms with E-state index in [9.17, 15) is 30.7 Å². The van der Waals surface area contributed by atoms with Gasteiger partial charge in [-0.3, -0.25) is 0 Å². The summed E-state index contributed by atoms with van der Waals surface area (Å²) in [6.07, 6.45) is -12.5. The number of hydrogen-bond donors (Lipinski definition) is 1. The zero-order valence-electron chi connectivity index (χ0n) is 10.0. The van der Waals surface area contributed by atoms with Crippen molar-refractivity contribution in [3.8, 4) is 6.07 Å². The molecule has 0 saturated heterocycles. The number of halogens is 7. The van der Waals surface area contributed by atoms with Gasteiger partial charge in [0.05, 0.1) is 11.6 Å². The van der Waals surface area contributed by atoms with Gasteiger partial charge in [0.1, 0.15) is 0 Å². The Hall–Kier alpha value is -1.89. The van der Waals surface area contributed by atoms with Crippen molar-refractivity contribution in [1.82, 2.24) is 0 Å². The highest BCUT2D eigenvalue weighted by Crippen LogP contribution is 2.54. The van der Waals surface area contributed by atoms with Gasteiger partial charge in [-0.15, -0.1) is 0 Å². The van der Waals surface area contributed by atoms with Crippen LogP contribution in [-0.4, -0.2) is 18.2 Å². The first-order valence-corrected chi connectivity index (χ1v) is 5.44. The molecule has 0 saturated carbocycles. The fraction of sp³-hybridized carbons (Fsp3) is 0.273. The molecule has 10 heteroatoms. The van der Waals surface area contributed by atoms with Crippen LogP contribution in [0.2, 0.25) is 0 Å². The van der Waals surface area contributed by atoms with Crippen LogP contribution in [0, 0.1) is 11.3 Å².